The molecule has 5 heterocycles. The number of pyridine rings is 5. The topological polar surface area (TPSA) is 191 Å². The minimum absolute atomic E-state index is 0. The van der Waals surface area contributed by atoms with Crippen molar-refractivity contribution in [3.63, 3.8) is 0 Å². The molecule has 2 atom stereocenters. The summed E-state index contributed by atoms with van der Waals surface area (Å²) in [6.45, 7) is 50.4. The molecule has 4 aliphatic rings. The number of aliphatic carboxylic acids is 1. The van der Waals surface area contributed by atoms with E-state index in [0.717, 1.165) is 57.6 Å². The van der Waals surface area contributed by atoms with Crippen LogP contribution in [-0.4, -0.2) is 82.2 Å². The average Bonchev–Trinajstić information content (AvgIpc) is 0.714. The predicted octanol–water partition coefficient (Wildman–Crippen LogP) is 27.4. The van der Waals surface area contributed by atoms with Crippen molar-refractivity contribution in [2.75, 3.05) is 14.1 Å². The van der Waals surface area contributed by atoms with Crippen LogP contribution in [-0.2, 0) is 129 Å². The molecule has 0 radical (unpaired) electrons. The van der Waals surface area contributed by atoms with Crippen LogP contribution < -0.4 is 0 Å². The van der Waals surface area contributed by atoms with Crippen molar-refractivity contribution in [1.82, 2.24) is 24.9 Å². The van der Waals surface area contributed by atoms with Crippen LogP contribution in [0.4, 0.5) is 39.5 Å². The van der Waals surface area contributed by atoms with Crippen molar-refractivity contribution in [2.24, 2.45) is 22.2 Å². The summed E-state index contributed by atoms with van der Waals surface area (Å²) >= 11 is 0. The normalized spacial score (nSPS) is 13.7. The molecule has 4 aliphatic carbocycles. The average molecular weight is 2710 g/mol. The molecule has 0 amide bonds. The molecule has 4 N–H and O–H groups in total. The van der Waals surface area contributed by atoms with Gasteiger partial charge in [-0.25, -0.2) is 39.6 Å². The largest absolute Gasteiger partial charge is 2.00 e. The van der Waals surface area contributed by atoms with E-state index in [0.29, 0.717) is 45.3 Å². The number of nitrogens with zero attached hydrogens (tertiary/aromatic N) is 7. The fourth-order valence-corrected chi connectivity index (χ4v) is 12.3. The van der Waals surface area contributed by atoms with Crippen LogP contribution in [0.25, 0.3) is 66.9 Å². The number of hydrogen-bond donors (Lipinski definition) is 4. The van der Waals surface area contributed by atoms with Crippen LogP contribution in [0.2, 0.25) is 0 Å². The Labute approximate surface area is 847 Å². The second kappa shape index (κ2) is 58.1. The quantitative estimate of drug-likeness (QED) is 0.0436. The summed E-state index contributed by atoms with van der Waals surface area (Å²) < 4.78 is 116. The molecule has 0 saturated heterocycles. The van der Waals surface area contributed by atoms with E-state index >= 15 is 0 Å². The van der Waals surface area contributed by atoms with Crippen molar-refractivity contribution >= 4 is 5.97 Å². The van der Waals surface area contributed by atoms with Crippen LogP contribution in [0, 0.1) is 149 Å². The van der Waals surface area contributed by atoms with Crippen molar-refractivity contribution in [3.05, 3.63) is 314 Å². The number of benzene rings is 5. The zero-order chi connectivity index (χ0) is 95.3. The van der Waals surface area contributed by atoms with Gasteiger partial charge in [-0.05, 0) is 137 Å². The zero-order valence-corrected chi connectivity index (χ0v) is 91.3. The first-order valence-electron chi connectivity index (χ1n) is 41.9. The third kappa shape index (κ3) is 38.8. The predicted molar refractivity (Wildman–Crippen MR) is 490 cm³/mol. The minimum Gasteiger partial charge on any atom is -0.692 e. The number of carboxylic acid groups (broad SMARTS) is 1. The number of halogens is 9. The van der Waals surface area contributed by atoms with E-state index < -0.39 is 74.8 Å². The van der Waals surface area contributed by atoms with Crippen molar-refractivity contribution in [2.45, 2.75) is 247 Å². The van der Waals surface area contributed by atoms with Crippen molar-refractivity contribution < 1.29 is 170 Å². The number of carboxylic acids is 1. The molecule has 1 fully saturated rings. The number of carbonyl (C=O) groups is 1. The molecule has 730 valence electrons. The molecule has 2 unspecified atom stereocenters. The van der Waals surface area contributed by atoms with E-state index in [1.54, 1.807) is 72.6 Å². The number of fused-ring (bicyclic) bond motifs is 1. The first kappa shape index (κ1) is 126. The Morgan fingerprint density at radius 3 is 1.44 bits per heavy atom. The number of rotatable bonds is 15. The molecular weight excluding hydrogens is 2590 g/mol. The molecule has 26 heteroatoms. The van der Waals surface area contributed by atoms with E-state index in [4.69, 9.17) is 25.4 Å². The Hall–Kier alpha value is -6.65. The second-order valence-electron chi connectivity index (χ2n) is 35.6. The van der Waals surface area contributed by atoms with Gasteiger partial charge in [0.1, 0.15) is 17.5 Å². The Morgan fingerprint density at radius 2 is 0.977 bits per heavy atom. The third-order valence-corrected chi connectivity index (χ3v) is 23.5. The smallest absolute Gasteiger partial charge is 0.692 e. The first-order valence-corrected chi connectivity index (χ1v) is 41.9. The molecule has 131 heavy (non-hydrogen) atoms. The van der Waals surface area contributed by atoms with Gasteiger partial charge < -0.3 is 74.7 Å². The van der Waals surface area contributed by atoms with Crippen LogP contribution in [0.3, 0.4) is 0 Å². The summed E-state index contributed by atoms with van der Waals surface area (Å²) in [5.41, 5.74) is 14.0. The summed E-state index contributed by atoms with van der Waals surface area (Å²) in [7, 11) is 3.54. The third-order valence-electron chi connectivity index (χ3n) is 23.5. The number of allylic oxidation sites excluding steroid dienone is 2. The summed E-state index contributed by atoms with van der Waals surface area (Å²) in [6, 6.07) is 47.2. The molecule has 12 nitrogen and oxygen atoms in total. The fraction of sp³-hybridized carbons (Fsp3) is 0.410. The standard InChI is InChI=1S/C22H24N.C13H12N.C12H9FN.C12H24.C11H2F6N.C11H6F2N.C8H16.C6H12N2.C6H14O2.C4H8O3.5Pt/c1-22(2)18-10-17-13-23-21(12-19(17)20(22)11-18)16-8-7-14-5-3-4-6-15(14)9-16;1-10-6-3-4-8-12(10)13-11(2)7-5-9-14-13;1-9-8-10(5-6-11(9)13)12-4-2-3-7-14-12;1-9(2)11(5,6)12(7,8)10(3)4;12-5-2-1-4(7(14)8(5)15)11-10(17)9(16)6(13)3-18-11;12-9-3-1-8(2-4-9)11-6-5-10(13)7-14-11;1-7(2)5-6-8(3)4;1-5(7-3)6(2)8-4;1-5(2,7)6(3,4)8;1-4(2,7)3(5)6;;;;;/h7,9,12-13,18,20H,3-6,10-11H2,1-2H3;3-7,9H,1-2H3;2-4,6-8H,1H3;1-8H3;2-3H;1,3-7H;5-6H2,1-4H3;1-4H3;7-8H,1-4H3;7H,1-2H3,(H,5,6);;;;;/q3*-1;-2;2*-1;2*-2;;;;;3*+2. The van der Waals surface area contributed by atoms with Gasteiger partial charge in [-0.1, -0.05) is 136 Å². The van der Waals surface area contributed by atoms with E-state index in [9.17, 15) is 44.3 Å². The maximum absolute atomic E-state index is 13.3. The molecule has 5 aromatic carbocycles. The monoisotopic (exact) mass is 2710 g/mol. The fourth-order valence-electron chi connectivity index (χ4n) is 12.3. The van der Waals surface area contributed by atoms with Gasteiger partial charge >= 0.3 is 69.2 Å². The Morgan fingerprint density at radius 1 is 0.481 bits per heavy atom. The maximum atomic E-state index is 13.3. The number of aromatic nitrogens is 5. The van der Waals surface area contributed by atoms with Gasteiger partial charge in [0.15, 0.2) is 17.2 Å². The van der Waals surface area contributed by atoms with E-state index in [-0.39, 0.29) is 117 Å². The number of hydrogen-bond acceptors (Lipinski definition) is 9. The van der Waals surface area contributed by atoms with E-state index in [1.807, 2.05) is 62.5 Å². The van der Waals surface area contributed by atoms with Gasteiger partial charge in [-0.15, -0.1) is 150 Å². The van der Waals surface area contributed by atoms with E-state index in [1.165, 1.54) is 153 Å². The van der Waals surface area contributed by atoms with Gasteiger partial charge in [0.25, 0.3) is 0 Å². The number of aryl methyl sites for hydroxylation is 5. The van der Waals surface area contributed by atoms with Gasteiger partial charge in [0.05, 0.1) is 35.2 Å². The van der Waals surface area contributed by atoms with Gasteiger partial charge in [-0.2, -0.15) is 77.6 Å². The van der Waals surface area contributed by atoms with Crippen LogP contribution in [0.1, 0.15) is 229 Å². The second-order valence-corrected chi connectivity index (χ2v) is 35.6. The molecule has 0 spiro atoms. The zero-order valence-electron chi connectivity index (χ0n) is 80.0. The van der Waals surface area contributed by atoms with Crippen LogP contribution in [0.15, 0.2) is 158 Å². The molecule has 2 bridgehead atoms. The summed E-state index contributed by atoms with van der Waals surface area (Å²) in [6.07, 6.45) is 17.3. The van der Waals surface area contributed by atoms with Crippen LogP contribution >= 0.6 is 0 Å². The molecular formula is C105H127F9N7O5Pt5-5. The van der Waals surface area contributed by atoms with Crippen LogP contribution in [0.5, 0.6) is 0 Å². The molecule has 0 aliphatic heterocycles. The Kier molecular flexibility index (Phi) is 56.0. The summed E-state index contributed by atoms with van der Waals surface area (Å²) in [4.78, 5) is 30.0. The van der Waals surface area contributed by atoms with E-state index in [2.05, 4.69) is 202 Å². The molecule has 1 saturated carbocycles. The molecule has 14 rings (SSSR count). The van der Waals surface area contributed by atoms with Gasteiger partial charge in [0.2, 0.25) is 0 Å². The molecule has 5 aromatic heterocycles. The number of aliphatic hydroxyl groups is 3. The minimum atomic E-state index is -1.89. The summed E-state index contributed by atoms with van der Waals surface area (Å²) in [5, 5.41) is 42.6. The summed E-state index contributed by atoms with van der Waals surface area (Å²) in [5.74, 6) is -4.99. The first-order chi connectivity index (χ1) is 58.5. The Bertz CT molecular complexity index is 4930. The SMILES string of the molecule is CC(C)(O)C(=O)O.CC(C)(O)C(C)(C)O.CC1(C)C2Cc3cnc(-c4[c-]cc5c(c4)CCCC5)cc3C1C2.C[C-](C)C(C)(C)C(C)(C)[C-](C)C.C[C-](C)CC[C-](C)C.C[N-]C(C)=C(C)[N-]C.Cc1cc(-c2ccccn2)[c-]cc1F.Cc1ccc[c-]c1-c1ncccc1C.Fc1c[c-]c(-c2ccc(F)cn2)cc1.Fc1c[c-]c(-c2ncc(F)c(F)c2F)c(F)c1F.[Pt+2].[Pt+2].[Pt+2].[Pt].[Pt]. The van der Waals surface area contributed by atoms with Gasteiger partial charge in [0, 0.05) is 78.0 Å². The van der Waals surface area contributed by atoms with Crippen molar-refractivity contribution in [1.29, 1.82) is 0 Å². The Balaban J connectivity index is 0. The maximum Gasteiger partial charge on any atom is 2.00 e. The van der Waals surface area contributed by atoms with Crippen molar-refractivity contribution in [3.8, 4) is 56.3 Å². The molecule has 10 aromatic rings. The van der Waals surface area contributed by atoms with Gasteiger partial charge in [-0.3, -0.25) is 22.5 Å².